The van der Waals surface area contributed by atoms with Crippen LogP contribution in [0.25, 0.3) is 0 Å². The molecule has 1 atom stereocenters. The number of ether oxygens (including phenoxy) is 1. The van der Waals surface area contributed by atoms with E-state index >= 15 is 0 Å². The average molecular weight is 792 g/mol. The summed E-state index contributed by atoms with van der Waals surface area (Å²) in [4.78, 5) is 20.1. The van der Waals surface area contributed by atoms with Crippen LogP contribution in [0.15, 0.2) is 134 Å². The number of benzene rings is 5. The number of nitriles is 1. The molecule has 5 aromatic carbocycles. The number of nitrogens with one attached hydrogen (secondary N) is 2. The van der Waals surface area contributed by atoms with Crippen molar-refractivity contribution in [2.75, 3.05) is 11.9 Å². The molecule has 0 radical (unpaired) electrons. The van der Waals surface area contributed by atoms with Crippen LogP contribution < -0.4 is 15.4 Å². The largest absolute Gasteiger partial charge is 0.489 e. The van der Waals surface area contributed by atoms with Gasteiger partial charge in [-0.05, 0) is 95.5 Å². The standard InChI is InChI=1S/C43H37Cl2FN6O2S/c44-40-8-4-7-34(42(40)45)26-51(43(55)50-36-17-15-35(46)16-18-36)27-37(21-30-13-19-39(20-14-30)54-28-33-5-2-1-3-6-33)49-41(53)22-38-24-48-29-52(38)25-32-11-9-31(23-47)10-12-32/h1-20,24,29,37H,21-22,25-28H2,(H,49,53)(H,50,55)/t37-/m0/s1. The highest BCUT2D eigenvalue weighted by atomic mass is 35.5. The van der Waals surface area contributed by atoms with E-state index in [9.17, 15) is 14.4 Å². The summed E-state index contributed by atoms with van der Waals surface area (Å²) in [7, 11) is 0. The van der Waals surface area contributed by atoms with Gasteiger partial charge in [-0.1, -0.05) is 89.9 Å². The zero-order valence-electron chi connectivity index (χ0n) is 29.7. The molecule has 0 unspecified atom stereocenters. The van der Waals surface area contributed by atoms with E-state index in [1.54, 1.807) is 42.9 Å². The summed E-state index contributed by atoms with van der Waals surface area (Å²) in [6, 6.07) is 38.1. The van der Waals surface area contributed by atoms with E-state index in [4.69, 9.17) is 40.2 Å². The summed E-state index contributed by atoms with van der Waals surface area (Å²) < 4.78 is 21.7. The van der Waals surface area contributed by atoms with Crippen LogP contribution in [-0.2, 0) is 37.3 Å². The molecule has 2 N–H and O–H groups in total. The quantitative estimate of drug-likeness (QED) is 0.100. The van der Waals surface area contributed by atoms with Crippen molar-refractivity contribution in [2.24, 2.45) is 0 Å². The molecule has 0 spiro atoms. The van der Waals surface area contributed by atoms with Crippen molar-refractivity contribution >= 4 is 52.1 Å². The molecule has 0 bridgehead atoms. The van der Waals surface area contributed by atoms with Crippen LogP contribution in [0.1, 0.15) is 33.5 Å². The Bertz CT molecular complexity index is 2250. The number of halogens is 3. The number of aromatic nitrogens is 2. The van der Waals surface area contributed by atoms with Crippen LogP contribution in [0.5, 0.6) is 5.75 Å². The first-order valence-corrected chi connectivity index (χ1v) is 18.7. The second-order valence-corrected chi connectivity index (χ2v) is 14.1. The van der Waals surface area contributed by atoms with Crippen LogP contribution in [0.4, 0.5) is 10.1 Å². The fraction of sp³-hybridized carbons (Fsp3) is 0.163. The summed E-state index contributed by atoms with van der Waals surface area (Å²) in [5.74, 6) is 0.162. The van der Waals surface area contributed by atoms with Crippen molar-refractivity contribution in [1.82, 2.24) is 19.8 Å². The highest BCUT2D eigenvalue weighted by Gasteiger charge is 2.22. The molecule has 0 aliphatic rings. The second-order valence-electron chi connectivity index (χ2n) is 12.9. The highest BCUT2D eigenvalue weighted by molar-refractivity contribution is 7.80. The molecule has 0 saturated heterocycles. The first-order valence-electron chi connectivity index (χ1n) is 17.5. The van der Waals surface area contributed by atoms with Gasteiger partial charge in [-0.15, -0.1) is 0 Å². The van der Waals surface area contributed by atoms with Gasteiger partial charge in [-0.2, -0.15) is 5.26 Å². The maximum atomic E-state index is 13.9. The maximum Gasteiger partial charge on any atom is 0.226 e. The first-order chi connectivity index (χ1) is 26.7. The van der Waals surface area contributed by atoms with Gasteiger partial charge in [0.15, 0.2) is 5.11 Å². The van der Waals surface area contributed by atoms with Gasteiger partial charge in [-0.25, -0.2) is 9.37 Å². The van der Waals surface area contributed by atoms with E-state index in [0.717, 1.165) is 33.7 Å². The fourth-order valence-corrected chi connectivity index (χ4v) is 6.60. The summed E-state index contributed by atoms with van der Waals surface area (Å²) in [6.45, 7) is 1.51. The summed E-state index contributed by atoms with van der Waals surface area (Å²) in [6.07, 6.45) is 3.92. The van der Waals surface area contributed by atoms with Crippen LogP contribution in [0.3, 0.4) is 0 Å². The van der Waals surface area contributed by atoms with E-state index in [1.807, 2.05) is 88.3 Å². The Morgan fingerprint density at radius 1 is 0.909 bits per heavy atom. The Labute approximate surface area is 335 Å². The molecule has 0 saturated carbocycles. The third kappa shape index (κ3) is 11.4. The number of nitrogens with zero attached hydrogens (tertiary/aromatic N) is 4. The number of imidazole rings is 1. The molecule has 0 aliphatic heterocycles. The topological polar surface area (TPSA) is 95.2 Å². The molecule has 12 heteroatoms. The molecule has 55 heavy (non-hydrogen) atoms. The average Bonchev–Trinajstić information content (AvgIpc) is 3.63. The molecule has 1 aromatic heterocycles. The molecule has 6 aromatic rings. The zero-order valence-corrected chi connectivity index (χ0v) is 32.0. The van der Waals surface area contributed by atoms with Crippen molar-refractivity contribution in [3.8, 4) is 11.8 Å². The molecule has 0 fully saturated rings. The minimum absolute atomic E-state index is 0.0808. The van der Waals surface area contributed by atoms with Crippen molar-refractivity contribution in [2.45, 2.75) is 38.6 Å². The van der Waals surface area contributed by atoms with Crippen LogP contribution in [0.2, 0.25) is 10.0 Å². The number of thiocarbonyl (C=S) groups is 1. The normalized spacial score (nSPS) is 11.3. The lowest BCUT2D eigenvalue weighted by atomic mass is 10.0. The Morgan fingerprint density at radius 3 is 2.36 bits per heavy atom. The first kappa shape index (κ1) is 39.0. The number of carbonyl (C=O) groups is 1. The Morgan fingerprint density at radius 2 is 1.64 bits per heavy atom. The van der Waals surface area contributed by atoms with Gasteiger partial charge < -0.3 is 24.8 Å². The smallest absolute Gasteiger partial charge is 0.226 e. The van der Waals surface area contributed by atoms with E-state index in [-0.39, 0.29) is 24.7 Å². The second kappa shape index (κ2) is 19.0. The molecule has 8 nitrogen and oxygen atoms in total. The van der Waals surface area contributed by atoms with Crippen LogP contribution >= 0.6 is 35.4 Å². The summed E-state index contributed by atoms with van der Waals surface area (Å²) in [5.41, 5.74) is 5.68. The molecule has 1 heterocycles. The van der Waals surface area contributed by atoms with Gasteiger partial charge in [0, 0.05) is 37.2 Å². The lowest BCUT2D eigenvalue weighted by molar-refractivity contribution is -0.121. The van der Waals surface area contributed by atoms with Gasteiger partial charge in [0.1, 0.15) is 18.2 Å². The fourth-order valence-electron chi connectivity index (χ4n) is 5.97. The van der Waals surface area contributed by atoms with Crippen molar-refractivity contribution < 1.29 is 13.9 Å². The minimum Gasteiger partial charge on any atom is -0.489 e. The molecule has 1 amide bonds. The molecule has 0 aliphatic carbocycles. The SMILES string of the molecule is N#Cc1ccc(Cn2cncc2CC(=O)N[C@@H](Cc2ccc(OCc3ccccc3)cc2)CN(Cc2cccc(Cl)c2Cl)C(=S)Nc2ccc(F)cc2)cc1. The van der Waals surface area contributed by atoms with Gasteiger partial charge in [0.05, 0.1) is 40.5 Å². The number of hydrogen-bond donors (Lipinski definition) is 2. The van der Waals surface area contributed by atoms with Crippen molar-refractivity contribution in [3.63, 3.8) is 0 Å². The van der Waals surface area contributed by atoms with E-state index in [2.05, 4.69) is 21.7 Å². The Hall–Kier alpha value is -5.73. The van der Waals surface area contributed by atoms with Gasteiger partial charge in [-0.3, -0.25) is 4.79 Å². The third-order valence-corrected chi connectivity index (χ3v) is 10.0. The van der Waals surface area contributed by atoms with E-state index in [0.29, 0.717) is 52.5 Å². The third-order valence-electron chi connectivity index (χ3n) is 8.81. The molecular formula is C43H37Cl2FN6O2S. The van der Waals surface area contributed by atoms with Crippen molar-refractivity contribution in [1.29, 1.82) is 5.26 Å². The molecule has 278 valence electrons. The maximum absolute atomic E-state index is 13.9. The Kier molecular flexibility index (Phi) is 13.5. The predicted octanol–water partition coefficient (Wildman–Crippen LogP) is 9.00. The number of amides is 1. The van der Waals surface area contributed by atoms with E-state index < -0.39 is 6.04 Å². The van der Waals surface area contributed by atoms with E-state index in [1.165, 1.54) is 12.1 Å². The monoisotopic (exact) mass is 790 g/mol. The van der Waals surface area contributed by atoms with Crippen molar-refractivity contribution in [3.05, 3.63) is 183 Å². The summed E-state index contributed by atoms with van der Waals surface area (Å²) >= 11 is 19.0. The predicted molar refractivity (Wildman–Crippen MR) is 219 cm³/mol. The minimum atomic E-state index is -0.426. The number of anilines is 1. The molecule has 6 rings (SSSR count). The van der Waals surface area contributed by atoms with Crippen LogP contribution in [0, 0.1) is 17.1 Å². The highest BCUT2D eigenvalue weighted by Crippen LogP contribution is 2.27. The lowest BCUT2D eigenvalue weighted by Gasteiger charge is -2.31. The van der Waals surface area contributed by atoms with Crippen LogP contribution in [-0.4, -0.2) is 38.1 Å². The van der Waals surface area contributed by atoms with Gasteiger partial charge in [0.2, 0.25) is 5.91 Å². The number of hydrogen-bond acceptors (Lipinski definition) is 5. The van der Waals surface area contributed by atoms with Gasteiger partial charge >= 0.3 is 0 Å². The number of carbonyl (C=O) groups excluding carboxylic acids is 1. The Balaban J connectivity index is 1.23. The van der Waals surface area contributed by atoms with Gasteiger partial charge in [0.25, 0.3) is 0 Å². The molecular weight excluding hydrogens is 754 g/mol. The lowest BCUT2D eigenvalue weighted by Crippen LogP contribution is -2.48. The number of rotatable bonds is 15. The zero-order chi connectivity index (χ0) is 38.6. The summed E-state index contributed by atoms with van der Waals surface area (Å²) in [5, 5.41) is 16.8.